The van der Waals surface area contributed by atoms with Crippen LogP contribution in [0.25, 0.3) is 43.8 Å². The molecule has 5 aromatic rings. The lowest BCUT2D eigenvalue weighted by atomic mass is 9.86. The summed E-state index contributed by atoms with van der Waals surface area (Å²) in [5, 5.41) is 7.29. The zero-order valence-electron chi connectivity index (χ0n) is 19.5. The second-order valence-corrected chi connectivity index (χ2v) is 14.7. The van der Waals surface area contributed by atoms with E-state index in [1.165, 1.54) is 43.5 Å². The maximum Gasteiger partial charge on any atom is 0.109 e. The van der Waals surface area contributed by atoms with Crippen LogP contribution in [0, 0.1) is 0 Å². The van der Waals surface area contributed by atoms with E-state index in [1.807, 2.05) is 25.5 Å². The molecule has 0 saturated carbocycles. The van der Waals surface area contributed by atoms with E-state index in [0.29, 0.717) is 0 Å². The number of hydrogen-bond acceptors (Lipinski definition) is 1. The largest absolute Gasteiger partial charge is 0.319 e. The van der Waals surface area contributed by atoms with Gasteiger partial charge >= 0.3 is 0 Å². The average Bonchev–Trinajstić information content (AvgIpc) is 2.82. The summed E-state index contributed by atoms with van der Waals surface area (Å²) in [7, 11) is -2.53. The second kappa shape index (κ2) is 8.57. The molecule has 0 heterocycles. The molecular weight excluding hydrogens is 438 g/mol. The lowest BCUT2D eigenvalue weighted by Gasteiger charge is -2.19. The third kappa shape index (κ3) is 4.06. The van der Waals surface area contributed by atoms with Gasteiger partial charge in [0.15, 0.2) is 0 Å². The van der Waals surface area contributed by atoms with Gasteiger partial charge in [-0.2, -0.15) is 0 Å². The summed E-state index contributed by atoms with van der Waals surface area (Å²) in [4.78, 5) is 0. The van der Waals surface area contributed by atoms with Gasteiger partial charge in [0.1, 0.15) is 7.14 Å². The Morgan fingerprint density at radius 3 is 1.48 bits per heavy atom. The van der Waals surface area contributed by atoms with E-state index >= 15 is 0 Å². The average molecular weight is 467 g/mol. The van der Waals surface area contributed by atoms with Gasteiger partial charge < -0.3 is 4.57 Å². The van der Waals surface area contributed by atoms with E-state index in [9.17, 15) is 4.57 Å². The summed E-state index contributed by atoms with van der Waals surface area (Å²) in [6.45, 7) is 8.30. The quantitative estimate of drug-likeness (QED) is 0.194. The van der Waals surface area contributed by atoms with E-state index in [-0.39, 0.29) is 7.92 Å². The Bertz CT molecular complexity index is 1490. The molecule has 0 atom stereocenters. The van der Waals surface area contributed by atoms with Crippen LogP contribution >= 0.6 is 15.1 Å². The van der Waals surface area contributed by atoms with Crippen molar-refractivity contribution in [3.05, 3.63) is 97.1 Å². The fourth-order valence-corrected chi connectivity index (χ4v) is 6.36. The molecule has 1 nitrogen and oxygen atoms in total. The van der Waals surface area contributed by atoms with Gasteiger partial charge in [0, 0.05) is 5.30 Å². The Hall–Kier alpha value is -2.72. The summed E-state index contributed by atoms with van der Waals surface area (Å²) in [5.41, 5.74) is 4.89. The van der Waals surface area contributed by atoms with Gasteiger partial charge in [-0.15, -0.1) is 0 Å². The molecule has 5 aromatic carbocycles. The Kier molecular flexibility index (Phi) is 5.74. The molecule has 164 valence electrons. The van der Waals surface area contributed by atoms with E-state index < -0.39 is 7.14 Å². The van der Waals surface area contributed by atoms with Crippen LogP contribution < -0.4 is 10.6 Å². The van der Waals surface area contributed by atoms with Gasteiger partial charge in [-0.05, 0) is 87.9 Å². The topological polar surface area (TPSA) is 17.1 Å². The molecule has 0 bridgehead atoms. The fourth-order valence-electron chi connectivity index (χ4n) is 4.69. The molecule has 3 heteroatoms. The van der Waals surface area contributed by atoms with Crippen molar-refractivity contribution < 1.29 is 4.57 Å². The lowest BCUT2D eigenvalue weighted by Crippen LogP contribution is -2.03. The number of fused-ring (bicyclic) bond motifs is 2. The molecule has 0 saturated heterocycles. The molecular formula is C30H28OP2. The van der Waals surface area contributed by atoms with Crippen molar-refractivity contribution in [3.63, 3.8) is 0 Å². The highest BCUT2D eigenvalue weighted by Gasteiger charge is 2.18. The minimum atomic E-state index is -2.36. The first-order valence-electron chi connectivity index (χ1n) is 11.2. The standard InChI is InChI=1S/C30H28OP2/c1-32(2)23-13-9-11-21(19-23)29-25-15-5-7-17-27(25)30(28-18-8-6-16-26(28)29)22-12-10-14-24(20-22)33(3,4)31/h5-20H,1-4H3. The van der Waals surface area contributed by atoms with Crippen LogP contribution in [0.2, 0.25) is 0 Å². The number of hydrogen-bond donors (Lipinski definition) is 0. The predicted molar refractivity (Wildman–Crippen MR) is 150 cm³/mol. The summed E-state index contributed by atoms with van der Waals surface area (Å²) in [6.07, 6.45) is 0. The molecule has 33 heavy (non-hydrogen) atoms. The van der Waals surface area contributed by atoms with Gasteiger partial charge in [0.25, 0.3) is 0 Å². The van der Waals surface area contributed by atoms with Crippen LogP contribution in [-0.4, -0.2) is 26.7 Å². The van der Waals surface area contributed by atoms with Gasteiger partial charge in [-0.25, -0.2) is 0 Å². The van der Waals surface area contributed by atoms with Gasteiger partial charge in [-0.3, -0.25) is 0 Å². The highest BCUT2D eigenvalue weighted by Crippen LogP contribution is 2.44. The van der Waals surface area contributed by atoms with E-state index in [0.717, 1.165) is 10.9 Å². The normalized spacial score (nSPS) is 12.0. The molecule has 0 aliphatic carbocycles. The van der Waals surface area contributed by atoms with Crippen LogP contribution in [0.3, 0.4) is 0 Å². The molecule has 0 unspecified atom stereocenters. The zero-order chi connectivity index (χ0) is 23.2. The van der Waals surface area contributed by atoms with Gasteiger partial charge in [0.2, 0.25) is 0 Å². The predicted octanol–water partition coefficient (Wildman–Crippen LogP) is 7.94. The van der Waals surface area contributed by atoms with Crippen LogP contribution in [0.5, 0.6) is 0 Å². The fraction of sp³-hybridized carbons (Fsp3) is 0.133. The third-order valence-corrected chi connectivity index (χ3v) is 9.17. The van der Waals surface area contributed by atoms with Crippen LogP contribution in [0.1, 0.15) is 0 Å². The van der Waals surface area contributed by atoms with Crippen molar-refractivity contribution in [1.82, 2.24) is 0 Å². The summed E-state index contributed by atoms with van der Waals surface area (Å²) >= 11 is 0. The van der Waals surface area contributed by atoms with Crippen molar-refractivity contribution in [2.24, 2.45) is 0 Å². The zero-order valence-corrected chi connectivity index (χ0v) is 21.3. The highest BCUT2D eigenvalue weighted by atomic mass is 31.2. The van der Waals surface area contributed by atoms with Gasteiger partial charge in [0.05, 0.1) is 0 Å². The van der Waals surface area contributed by atoms with Crippen molar-refractivity contribution in [2.45, 2.75) is 0 Å². The Balaban J connectivity index is 1.91. The molecule has 0 radical (unpaired) electrons. The number of benzene rings is 5. The smallest absolute Gasteiger partial charge is 0.109 e. The molecule has 0 N–H and O–H groups in total. The first-order chi connectivity index (χ1) is 15.8. The molecule has 0 fully saturated rings. The highest BCUT2D eigenvalue weighted by molar-refractivity contribution is 7.70. The maximum atomic E-state index is 12.9. The minimum Gasteiger partial charge on any atom is -0.319 e. The van der Waals surface area contributed by atoms with E-state index in [4.69, 9.17) is 0 Å². The summed E-state index contributed by atoms with van der Waals surface area (Å²) < 4.78 is 12.9. The van der Waals surface area contributed by atoms with Gasteiger partial charge in [-0.1, -0.05) is 92.9 Å². The van der Waals surface area contributed by atoms with Crippen LogP contribution in [0.15, 0.2) is 97.1 Å². The van der Waals surface area contributed by atoms with Crippen molar-refractivity contribution in [1.29, 1.82) is 0 Å². The first-order valence-corrected chi connectivity index (χ1v) is 16.1. The lowest BCUT2D eigenvalue weighted by molar-refractivity contribution is 0.588. The second-order valence-electron chi connectivity index (χ2n) is 9.19. The molecule has 0 amide bonds. The summed E-state index contributed by atoms with van der Waals surface area (Å²) in [5.74, 6) is 0. The SMILES string of the molecule is CP(C)c1cccc(-c2c3ccccc3c(-c3cccc(P(C)(C)=O)c3)c3ccccc23)c1. The maximum absolute atomic E-state index is 12.9. The monoisotopic (exact) mass is 466 g/mol. The van der Waals surface area contributed by atoms with Crippen molar-refractivity contribution >= 4 is 47.2 Å². The third-order valence-electron chi connectivity index (χ3n) is 6.34. The molecule has 0 aromatic heterocycles. The molecule has 0 spiro atoms. The van der Waals surface area contributed by atoms with E-state index in [1.54, 1.807) is 0 Å². The van der Waals surface area contributed by atoms with Crippen LogP contribution in [0.4, 0.5) is 0 Å². The number of rotatable bonds is 4. The Morgan fingerprint density at radius 1 is 0.576 bits per heavy atom. The Morgan fingerprint density at radius 2 is 1.03 bits per heavy atom. The van der Waals surface area contributed by atoms with Crippen molar-refractivity contribution in [2.75, 3.05) is 26.7 Å². The summed E-state index contributed by atoms with van der Waals surface area (Å²) in [6, 6.07) is 34.7. The van der Waals surface area contributed by atoms with E-state index in [2.05, 4.69) is 98.3 Å². The van der Waals surface area contributed by atoms with Crippen LogP contribution in [-0.2, 0) is 4.57 Å². The molecule has 0 aliphatic rings. The minimum absolute atomic E-state index is 0.172. The van der Waals surface area contributed by atoms with Crippen molar-refractivity contribution in [3.8, 4) is 22.3 Å². The molecule has 5 rings (SSSR count). The molecule has 0 aliphatic heterocycles. The first kappa shape index (κ1) is 22.1. The Labute approximate surface area is 197 Å².